The van der Waals surface area contributed by atoms with E-state index in [1.807, 2.05) is 0 Å². The second-order valence-electron chi connectivity index (χ2n) is 6.16. The van der Waals surface area contributed by atoms with Gasteiger partial charge in [0, 0.05) is 24.7 Å². The lowest BCUT2D eigenvalue weighted by Crippen LogP contribution is -2.56. The van der Waals surface area contributed by atoms with Crippen molar-refractivity contribution in [2.75, 3.05) is 13.1 Å². The van der Waals surface area contributed by atoms with Crippen molar-refractivity contribution < 1.29 is 0 Å². The molecule has 1 aliphatic heterocycles. The van der Waals surface area contributed by atoms with Crippen molar-refractivity contribution in [1.82, 2.24) is 10.2 Å². The molecule has 100 valence electrons. The van der Waals surface area contributed by atoms with Crippen LogP contribution in [-0.2, 0) is 6.54 Å². The first-order valence-corrected chi connectivity index (χ1v) is 7.11. The highest BCUT2D eigenvalue weighted by molar-refractivity contribution is 5.14. The highest BCUT2D eigenvalue weighted by Gasteiger charge is 2.30. The molecule has 0 bridgehead atoms. The minimum absolute atomic E-state index is 0.279. The molecule has 0 amide bonds. The maximum absolute atomic E-state index is 3.73. The summed E-state index contributed by atoms with van der Waals surface area (Å²) >= 11 is 0. The Morgan fingerprint density at radius 2 is 2.00 bits per heavy atom. The van der Waals surface area contributed by atoms with Gasteiger partial charge in [0.15, 0.2) is 0 Å². The number of nitrogens with one attached hydrogen (secondary N) is 1. The van der Waals surface area contributed by atoms with E-state index in [2.05, 4.69) is 61.3 Å². The molecular weight excluding hydrogens is 220 g/mol. The predicted molar refractivity (Wildman–Crippen MR) is 77.6 cm³/mol. The van der Waals surface area contributed by atoms with Crippen LogP contribution in [0.15, 0.2) is 30.3 Å². The van der Waals surface area contributed by atoms with Crippen molar-refractivity contribution in [3.05, 3.63) is 35.9 Å². The van der Waals surface area contributed by atoms with Gasteiger partial charge in [-0.2, -0.15) is 0 Å². The maximum atomic E-state index is 3.73. The summed E-state index contributed by atoms with van der Waals surface area (Å²) in [6, 6.07) is 11.4. The molecule has 2 rings (SSSR count). The van der Waals surface area contributed by atoms with Crippen LogP contribution in [0.4, 0.5) is 0 Å². The molecule has 2 heteroatoms. The molecule has 1 aliphatic rings. The number of likely N-dealkylation sites (tertiary alicyclic amines) is 1. The van der Waals surface area contributed by atoms with Crippen LogP contribution in [0.3, 0.4) is 0 Å². The molecule has 0 aromatic heterocycles. The van der Waals surface area contributed by atoms with Crippen molar-refractivity contribution in [2.45, 2.75) is 51.7 Å². The van der Waals surface area contributed by atoms with Gasteiger partial charge in [0.1, 0.15) is 0 Å². The van der Waals surface area contributed by atoms with Crippen LogP contribution in [-0.4, -0.2) is 29.6 Å². The smallest absolute Gasteiger partial charge is 0.0283 e. The number of hydrogen-bond donors (Lipinski definition) is 1. The highest BCUT2D eigenvalue weighted by Crippen LogP contribution is 2.22. The zero-order chi connectivity index (χ0) is 13.0. The van der Waals surface area contributed by atoms with Crippen LogP contribution in [0.2, 0.25) is 0 Å². The molecule has 2 nitrogen and oxygen atoms in total. The van der Waals surface area contributed by atoms with Crippen LogP contribution >= 0.6 is 0 Å². The number of rotatable bonds is 4. The Morgan fingerprint density at radius 1 is 1.28 bits per heavy atom. The van der Waals surface area contributed by atoms with Crippen LogP contribution in [0, 0.1) is 0 Å². The van der Waals surface area contributed by atoms with Gasteiger partial charge in [-0.3, -0.25) is 4.90 Å². The molecule has 1 fully saturated rings. The molecule has 1 atom stereocenters. The fraction of sp³-hybridized carbons (Fsp3) is 0.625. The summed E-state index contributed by atoms with van der Waals surface area (Å²) in [7, 11) is 0. The summed E-state index contributed by atoms with van der Waals surface area (Å²) in [6.45, 7) is 10.3. The Labute approximate surface area is 111 Å². The largest absolute Gasteiger partial charge is 0.308 e. The fourth-order valence-electron chi connectivity index (χ4n) is 3.14. The van der Waals surface area contributed by atoms with Gasteiger partial charge in [-0.05, 0) is 31.9 Å². The molecule has 1 aromatic rings. The van der Waals surface area contributed by atoms with Gasteiger partial charge in [-0.25, -0.2) is 0 Å². The summed E-state index contributed by atoms with van der Waals surface area (Å²) < 4.78 is 0. The molecule has 18 heavy (non-hydrogen) atoms. The third-order valence-corrected chi connectivity index (χ3v) is 3.66. The van der Waals surface area contributed by atoms with Crippen LogP contribution in [0.25, 0.3) is 0 Å². The van der Waals surface area contributed by atoms with Gasteiger partial charge in [0.2, 0.25) is 0 Å². The lowest BCUT2D eigenvalue weighted by Gasteiger charge is -2.42. The summed E-state index contributed by atoms with van der Waals surface area (Å²) in [4.78, 5) is 2.58. The van der Waals surface area contributed by atoms with Gasteiger partial charge in [0.05, 0.1) is 0 Å². The number of nitrogens with zero attached hydrogens (tertiary/aromatic N) is 1. The number of piperidine rings is 1. The van der Waals surface area contributed by atoms with Crippen molar-refractivity contribution >= 4 is 0 Å². The first-order chi connectivity index (χ1) is 8.57. The summed E-state index contributed by atoms with van der Waals surface area (Å²) in [6.07, 6.45) is 2.58. The quantitative estimate of drug-likeness (QED) is 0.878. The molecular formula is C16H26N2. The van der Waals surface area contributed by atoms with Crippen LogP contribution in [0.5, 0.6) is 0 Å². The van der Waals surface area contributed by atoms with E-state index < -0.39 is 0 Å². The normalized spacial score (nSPS) is 25.6. The minimum Gasteiger partial charge on any atom is -0.308 e. The average molecular weight is 246 g/mol. The lowest BCUT2D eigenvalue weighted by molar-refractivity contribution is 0.120. The van der Waals surface area contributed by atoms with Crippen LogP contribution < -0.4 is 5.32 Å². The molecule has 1 heterocycles. The standard InChI is InChI=1S/C16H26N2/c1-14(2)17-16(3)10-7-11-18(13-16)12-15-8-5-4-6-9-15/h4-6,8-9,14,17H,7,10-13H2,1-3H3/t16-/m1/s1. The van der Waals surface area contributed by atoms with E-state index in [9.17, 15) is 0 Å². The molecule has 0 saturated carbocycles. The zero-order valence-electron chi connectivity index (χ0n) is 11.9. The van der Waals surface area contributed by atoms with Crippen molar-refractivity contribution in [2.24, 2.45) is 0 Å². The molecule has 0 radical (unpaired) electrons. The molecule has 1 aromatic carbocycles. The Kier molecular flexibility index (Phi) is 4.41. The molecule has 1 saturated heterocycles. The van der Waals surface area contributed by atoms with E-state index in [0.29, 0.717) is 6.04 Å². The lowest BCUT2D eigenvalue weighted by atomic mass is 9.90. The summed E-state index contributed by atoms with van der Waals surface area (Å²) in [5.74, 6) is 0. The fourth-order valence-corrected chi connectivity index (χ4v) is 3.14. The van der Waals surface area contributed by atoms with Crippen molar-refractivity contribution in [1.29, 1.82) is 0 Å². The average Bonchev–Trinajstić information content (AvgIpc) is 2.28. The number of benzene rings is 1. The molecule has 0 spiro atoms. The van der Waals surface area contributed by atoms with E-state index in [1.54, 1.807) is 0 Å². The topological polar surface area (TPSA) is 15.3 Å². The van der Waals surface area contributed by atoms with Crippen LogP contribution in [0.1, 0.15) is 39.2 Å². The number of hydrogen-bond acceptors (Lipinski definition) is 2. The molecule has 1 N–H and O–H groups in total. The molecule has 0 unspecified atom stereocenters. The Balaban J connectivity index is 1.94. The van der Waals surface area contributed by atoms with E-state index in [0.717, 1.165) is 13.1 Å². The first kappa shape index (κ1) is 13.6. The van der Waals surface area contributed by atoms with Gasteiger partial charge < -0.3 is 5.32 Å². The third kappa shape index (κ3) is 3.82. The Hall–Kier alpha value is -0.860. The van der Waals surface area contributed by atoms with Crippen molar-refractivity contribution in [3.8, 4) is 0 Å². The Bertz CT molecular complexity index is 361. The highest BCUT2D eigenvalue weighted by atomic mass is 15.2. The monoisotopic (exact) mass is 246 g/mol. The zero-order valence-corrected chi connectivity index (χ0v) is 11.9. The van der Waals surface area contributed by atoms with Gasteiger partial charge >= 0.3 is 0 Å². The SMILES string of the molecule is CC(C)N[C@]1(C)CCCN(Cc2ccccc2)C1. The van der Waals surface area contributed by atoms with Gasteiger partial charge in [-0.15, -0.1) is 0 Å². The predicted octanol–water partition coefficient (Wildman–Crippen LogP) is 3.04. The van der Waals surface area contributed by atoms with Gasteiger partial charge in [0.25, 0.3) is 0 Å². The van der Waals surface area contributed by atoms with Gasteiger partial charge in [-0.1, -0.05) is 44.2 Å². The maximum Gasteiger partial charge on any atom is 0.0283 e. The van der Waals surface area contributed by atoms with E-state index in [4.69, 9.17) is 0 Å². The molecule has 0 aliphatic carbocycles. The second kappa shape index (κ2) is 5.85. The van der Waals surface area contributed by atoms with E-state index in [1.165, 1.54) is 24.9 Å². The minimum atomic E-state index is 0.279. The Morgan fingerprint density at radius 3 is 2.67 bits per heavy atom. The van der Waals surface area contributed by atoms with Crippen molar-refractivity contribution in [3.63, 3.8) is 0 Å². The second-order valence-corrected chi connectivity index (χ2v) is 6.16. The van der Waals surface area contributed by atoms with E-state index >= 15 is 0 Å². The third-order valence-electron chi connectivity index (χ3n) is 3.66. The van der Waals surface area contributed by atoms with E-state index in [-0.39, 0.29) is 5.54 Å². The summed E-state index contributed by atoms with van der Waals surface area (Å²) in [5, 5.41) is 3.73. The first-order valence-electron chi connectivity index (χ1n) is 7.11. The summed E-state index contributed by atoms with van der Waals surface area (Å²) in [5.41, 5.74) is 1.70.